The summed E-state index contributed by atoms with van der Waals surface area (Å²) >= 11 is 5.84. The minimum Gasteiger partial charge on any atom is -0.456 e. The smallest absolute Gasteiger partial charge is 0.238 e. The normalized spacial score (nSPS) is 11.4. The van der Waals surface area contributed by atoms with Crippen LogP contribution in [0.2, 0.25) is 5.02 Å². The van der Waals surface area contributed by atoms with Crippen LogP contribution in [0.5, 0.6) is 11.5 Å². The standard InChI is InChI=1S/C13H11ClFNO3S/c1-8-6-10(3-5-13(8)20(16,17)18)19-12-4-2-9(15)7-11(12)14/h2-7H,1H3,(H2,16,17,18). The Morgan fingerprint density at radius 3 is 2.45 bits per heavy atom. The van der Waals surface area contributed by atoms with Crippen LogP contribution < -0.4 is 9.88 Å². The molecule has 0 heterocycles. The lowest BCUT2D eigenvalue weighted by Crippen LogP contribution is -2.13. The Labute approximate surface area is 121 Å². The molecule has 0 atom stereocenters. The summed E-state index contributed by atoms with van der Waals surface area (Å²) in [5.74, 6) is 0.183. The summed E-state index contributed by atoms with van der Waals surface area (Å²) in [5.41, 5.74) is 0.447. The van der Waals surface area contributed by atoms with Crippen molar-refractivity contribution < 1.29 is 17.5 Å². The van der Waals surface area contributed by atoms with Gasteiger partial charge in [-0.15, -0.1) is 0 Å². The molecule has 20 heavy (non-hydrogen) atoms. The van der Waals surface area contributed by atoms with Crippen LogP contribution in [0.3, 0.4) is 0 Å². The summed E-state index contributed by atoms with van der Waals surface area (Å²) in [7, 11) is -3.77. The lowest BCUT2D eigenvalue weighted by atomic mass is 10.2. The van der Waals surface area contributed by atoms with Gasteiger partial charge in [0, 0.05) is 0 Å². The summed E-state index contributed by atoms with van der Waals surface area (Å²) < 4.78 is 41.0. The molecule has 7 heteroatoms. The van der Waals surface area contributed by atoms with Crippen LogP contribution in [-0.2, 0) is 10.0 Å². The van der Waals surface area contributed by atoms with Crippen molar-refractivity contribution in [1.82, 2.24) is 0 Å². The molecule has 0 aliphatic heterocycles. The number of ether oxygens (including phenoxy) is 1. The fourth-order valence-corrected chi connectivity index (χ4v) is 2.66. The minimum absolute atomic E-state index is 0.0232. The van der Waals surface area contributed by atoms with E-state index in [2.05, 4.69) is 0 Å². The number of hydrogen-bond acceptors (Lipinski definition) is 3. The van der Waals surface area contributed by atoms with E-state index in [0.717, 1.165) is 6.07 Å². The first-order valence-corrected chi connectivity index (χ1v) is 7.46. The van der Waals surface area contributed by atoms with Gasteiger partial charge in [0.15, 0.2) is 0 Å². The van der Waals surface area contributed by atoms with Crippen molar-refractivity contribution in [1.29, 1.82) is 0 Å². The van der Waals surface area contributed by atoms with Crippen LogP contribution in [0.15, 0.2) is 41.3 Å². The van der Waals surface area contributed by atoms with Gasteiger partial charge < -0.3 is 4.74 Å². The molecule has 0 aromatic heterocycles. The third-order valence-electron chi connectivity index (χ3n) is 2.57. The molecule has 0 radical (unpaired) electrons. The second kappa shape index (κ2) is 5.40. The van der Waals surface area contributed by atoms with Gasteiger partial charge in [0.2, 0.25) is 10.0 Å². The average Bonchev–Trinajstić information content (AvgIpc) is 2.31. The van der Waals surface area contributed by atoms with Gasteiger partial charge >= 0.3 is 0 Å². The molecule has 2 aromatic rings. The van der Waals surface area contributed by atoms with Crippen molar-refractivity contribution in [3.8, 4) is 11.5 Å². The van der Waals surface area contributed by atoms with E-state index in [4.69, 9.17) is 21.5 Å². The molecule has 0 unspecified atom stereocenters. The van der Waals surface area contributed by atoms with Gasteiger partial charge in [0.05, 0.1) is 9.92 Å². The van der Waals surface area contributed by atoms with Gasteiger partial charge in [0.25, 0.3) is 0 Å². The van der Waals surface area contributed by atoms with E-state index in [1.807, 2.05) is 0 Å². The van der Waals surface area contributed by atoms with Crippen molar-refractivity contribution >= 4 is 21.6 Å². The molecule has 0 saturated heterocycles. The Morgan fingerprint density at radius 2 is 1.90 bits per heavy atom. The highest BCUT2D eigenvalue weighted by Crippen LogP contribution is 2.31. The van der Waals surface area contributed by atoms with E-state index in [-0.39, 0.29) is 15.7 Å². The molecular weight excluding hydrogens is 305 g/mol. The summed E-state index contributed by atoms with van der Waals surface area (Å²) in [6, 6.07) is 8.04. The molecule has 2 N–H and O–H groups in total. The molecule has 2 aromatic carbocycles. The second-order valence-corrected chi connectivity index (χ2v) is 6.09. The molecular formula is C13H11ClFNO3S. The maximum Gasteiger partial charge on any atom is 0.238 e. The monoisotopic (exact) mass is 315 g/mol. The first kappa shape index (κ1) is 14.8. The van der Waals surface area contributed by atoms with Gasteiger partial charge in [-0.3, -0.25) is 0 Å². The molecule has 0 aliphatic carbocycles. The first-order valence-electron chi connectivity index (χ1n) is 5.54. The zero-order chi connectivity index (χ0) is 14.9. The topological polar surface area (TPSA) is 69.4 Å². The van der Waals surface area contributed by atoms with Crippen molar-refractivity contribution in [2.75, 3.05) is 0 Å². The average molecular weight is 316 g/mol. The van der Waals surface area contributed by atoms with E-state index >= 15 is 0 Å². The second-order valence-electron chi connectivity index (χ2n) is 4.15. The lowest BCUT2D eigenvalue weighted by Gasteiger charge is -2.10. The Balaban J connectivity index is 2.34. The summed E-state index contributed by atoms with van der Waals surface area (Å²) in [5, 5.41) is 5.19. The molecule has 0 amide bonds. The third-order valence-corrected chi connectivity index (χ3v) is 3.94. The van der Waals surface area contributed by atoms with Crippen LogP contribution in [-0.4, -0.2) is 8.42 Å². The van der Waals surface area contributed by atoms with E-state index < -0.39 is 15.8 Å². The van der Waals surface area contributed by atoms with Gasteiger partial charge in [-0.25, -0.2) is 17.9 Å². The van der Waals surface area contributed by atoms with Crippen LogP contribution in [0.25, 0.3) is 0 Å². The molecule has 0 bridgehead atoms. The number of rotatable bonds is 3. The number of aryl methyl sites for hydroxylation is 1. The van der Waals surface area contributed by atoms with E-state index in [0.29, 0.717) is 11.3 Å². The Bertz CT molecular complexity index is 762. The van der Waals surface area contributed by atoms with E-state index in [1.54, 1.807) is 6.92 Å². The highest BCUT2D eigenvalue weighted by Gasteiger charge is 2.12. The van der Waals surface area contributed by atoms with E-state index in [9.17, 15) is 12.8 Å². The Kier molecular flexibility index (Phi) is 3.99. The van der Waals surface area contributed by atoms with Crippen molar-refractivity contribution in [2.24, 2.45) is 5.14 Å². The van der Waals surface area contributed by atoms with E-state index in [1.165, 1.54) is 30.3 Å². The summed E-state index contributed by atoms with van der Waals surface area (Å²) in [6.45, 7) is 1.60. The number of hydrogen-bond donors (Lipinski definition) is 1. The number of benzene rings is 2. The number of halogens is 2. The molecule has 0 aliphatic rings. The van der Waals surface area contributed by atoms with Crippen molar-refractivity contribution in [2.45, 2.75) is 11.8 Å². The quantitative estimate of drug-likeness (QED) is 0.945. The van der Waals surface area contributed by atoms with Crippen LogP contribution >= 0.6 is 11.6 Å². The Morgan fingerprint density at radius 1 is 1.20 bits per heavy atom. The highest BCUT2D eigenvalue weighted by molar-refractivity contribution is 7.89. The minimum atomic E-state index is -3.77. The number of sulfonamides is 1. The molecule has 0 saturated carbocycles. The zero-order valence-corrected chi connectivity index (χ0v) is 12.0. The lowest BCUT2D eigenvalue weighted by molar-refractivity contribution is 0.480. The SMILES string of the molecule is Cc1cc(Oc2ccc(F)cc2Cl)ccc1S(N)(=O)=O. The van der Waals surface area contributed by atoms with Gasteiger partial charge in [-0.2, -0.15) is 0 Å². The summed E-state index contributed by atoms with van der Waals surface area (Å²) in [4.78, 5) is 0.0232. The number of primary sulfonamides is 1. The van der Waals surface area contributed by atoms with Crippen LogP contribution in [0, 0.1) is 12.7 Å². The largest absolute Gasteiger partial charge is 0.456 e. The Hall–Kier alpha value is -1.63. The first-order chi connectivity index (χ1) is 9.27. The maximum absolute atomic E-state index is 12.9. The molecule has 106 valence electrons. The predicted molar refractivity (Wildman–Crippen MR) is 74.0 cm³/mol. The zero-order valence-electron chi connectivity index (χ0n) is 10.4. The maximum atomic E-state index is 12.9. The highest BCUT2D eigenvalue weighted by atomic mass is 35.5. The molecule has 2 rings (SSSR count). The van der Waals surface area contributed by atoms with Gasteiger partial charge in [0.1, 0.15) is 17.3 Å². The molecule has 4 nitrogen and oxygen atoms in total. The fourth-order valence-electron chi connectivity index (χ4n) is 1.69. The summed E-state index contributed by atoms with van der Waals surface area (Å²) in [6.07, 6.45) is 0. The van der Waals surface area contributed by atoms with Crippen LogP contribution in [0.4, 0.5) is 4.39 Å². The number of nitrogens with two attached hydrogens (primary N) is 1. The van der Waals surface area contributed by atoms with Gasteiger partial charge in [-0.05, 0) is 48.9 Å². The predicted octanol–water partition coefficient (Wildman–Crippen LogP) is 3.23. The van der Waals surface area contributed by atoms with Crippen molar-refractivity contribution in [3.63, 3.8) is 0 Å². The van der Waals surface area contributed by atoms with Crippen LogP contribution in [0.1, 0.15) is 5.56 Å². The molecule has 0 fully saturated rings. The fraction of sp³-hybridized carbons (Fsp3) is 0.0769. The third kappa shape index (κ3) is 3.27. The van der Waals surface area contributed by atoms with Crippen molar-refractivity contribution in [3.05, 3.63) is 52.8 Å². The van der Waals surface area contributed by atoms with Gasteiger partial charge in [-0.1, -0.05) is 11.6 Å². The molecule has 0 spiro atoms.